The summed E-state index contributed by atoms with van der Waals surface area (Å²) >= 11 is 0. The van der Waals surface area contributed by atoms with Crippen LogP contribution in [0.4, 0.5) is 0 Å². The van der Waals surface area contributed by atoms with E-state index in [9.17, 15) is 4.79 Å². The molecule has 3 rings (SSSR count). The van der Waals surface area contributed by atoms with Crippen molar-refractivity contribution in [1.29, 1.82) is 0 Å². The molecule has 0 saturated heterocycles. The lowest BCUT2D eigenvalue weighted by Gasteiger charge is -2.04. The highest BCUT2D eigenvalue weighted by atomic mass is 16.5. The smallest absolute Gasteiger partial charge is 0.311 e. The average molecular weight is 295 g/mol. The van der Waals surface area contributed by atoms with Crippen LogP contribution in [0, 0.1) is 13.8 Å². The Hall–Kier alpha value is -2.62. The molecule has 3 aromatic rings. The summed E-state index contributed by atoms with van der Waals surface area (Å²) in [6.45, 7) is 3.83. The van der Waals surface area contributed by atoms with Gasteiger partial charge in [0.15, 0.2) is 11.5 Å². The number of hydrogen-bond donors (Lipinski definition) is 0. The number of carbonyl (C=O) groups is 1. The van der Waals surface area contributed by atoms with E-state index in [-0.39, 0.29) is 5.97 Å². The van der Waals surface area contributed by atoms with Gasteiger partial charge in [-0.2, -0.15) is 0 Å². The molecule has 0 aliphatic carbocycles. The van der Waals surface area contributed by atoms with Crippen LogP contribution in [0.2, 0.25) is 0 Å². The lowest BCUT2D eigenvalue weighted by Crippen LogP contribution is -2.08. The Morgan fingerprint density at radius 2 is 1.91 bits per heavy atom. The minimum absolute atomic E-state index is 0.254. The average Bonchev–Trinajstić information content (AvgIpc) is 2.86. The first-order valence-corrected chi connectivity index (χ1v) is 7.23. The Morgan fingerprint density at radius 1 is 1.14 bits per heavy atom. The van der Waals surface area contributed by atoms with E-state index in [1.54, 1.807) is 25.1 Å². The number of rotatable bonds is 4. The first-order chi connectivity index (χ1) is 10.6. The Morgan fingerprint density at radius 3 is 2.68 bits per heavy atom. The van der Waals surface area contributed by atoms with Gasteiger partial charge < -0.3 is 9.15 Å². The van der Waals surface area contributed by atoms with Gasteiger partial charge in [0.1, 0.15) is 11.3 Å². The zero-order valence-electron chi connectivity index (χ0n) is 12.6. The summed E-state index contributed by atoms with van der Waals surface area (Å²) in [5.41, 5.74) is 3.73. The lowest BCUT2D eigenvalue weighted by atomic mass is 10.1. The van der Waals surface area contributed by atoms with Gasteiger partial charge in [0, 0.05) is 19.4 Å². The van der Waals surface area contributed by atoms with Crippen LogP contribution in [0.25, 0.3) is 11.1 Å². The molecule has 0 spiro atoms. The van der Waals surface area contributed by atoms with Crippen molar-refractivity contribution in [2.24, 2.45) is 0 Å². The number of ether oxygens (including phenoxy) is 1. The topological polar surface area (TPSA) is 52.3 Å². The molecule has 0 aliphatic heterocycles. The van der Waals surface area contributed by atoms with Gasteiger partial charge in [-0.25, -0.2) is 4.98 Å². The van der Waals surface area contributed by atoms with E-state index in [1.807, 2.05) is 31.2 Å². The molecule has 1 heterocycles. The maximum atomic E-state index is 11.9. The fourth-order valence-electron chi connectivity index (χ4n) is 2.27. The maximum Gasteiger partial charge on any atom is 0.311 e. The second-order valence-corrected chi connectivity index (χ2v) is 5.32. The number of aryl methyl sites for hydroxylation is 3. The number of nitrogens with zero attached hydrogens (tertiary/aromatic N) is 1. The van der Waals surface area contributed by atoms with Crippen molar-refractivity contribution in [2.45, 2.75) is 26.7 Å². The van der Waals surface area contributed by atoms with Crippen molar-refractivity contribution >= 4 is 17.1 Å². The van der Waals surface area contributed by atoms with Crippen LogP contribution in [0.15, 0.2) is 46.9 Å². The Labute approximate surface area is 128 Å². The van der Waals surface area contributed by atoms with Crippen molar-refractivity contribution < 1.29 is 13.9 Å². The summed E-state index contributed by atoms with van der Waals surface area (Å²) in [7, 11) is 0. The van der Waals surface area contributed by atoms with Crippen molar-refractivity contribution in [3.05, 3.63) is 59.5 Å². The zero-order chi connectivity index (χ0) is 15.5. The molecule has 112 valence electrons. The first-order valence-electron chi connectivity index (χ1n) is 7.23. The van der Waals surface area contributed by atoms with E-state index in [2.05, 4.69) is 4.98 Å². The highest BCUT2D eigenvalue weighted by Gasteiger charge is 2.08. The summed E-state index contributed by atoms with van der Waals surface area (Å²) in [5.74, 6) is 0.826. The van der Waals surface area contributed by atoms with Crippen LogP contribution in [0.1, 0.15) is 23.4 Å². The zero-order valence-corrected chi connectivity index (χ0v) is 12.6. The summed E-state index contributed by atoms with van der Waals surface area (Å²) in [6.07, 6.45) is 1.01. The van der Waals surface area contributed by atoms with E-state index in [4.69, 9.17) is 9.15 Å². The molecule has 0 radical (unpaired) electrons. The second-order valence-electron chi connectivity index (χ2n) is 5.32. The Balaban J connectivity index is 1.61. The monoisotopic (exact) mass is 295 g/mol. The van der Waals surface area contributed by atoms with Gasteiger partial charge >= 0.3 is 5.97 Å². The van der Waals surface area contributed by atoms with E-state index in [0.29, 0.717) is 30.1 Å². The van der Waals surface area contributed by atoms with Gasteiger partial charge in [-0.05, 0) is 31.0 Å². The van der Waals surface area contributed by atoms with Gasteiger partial charge in [0.05, 0.1) is 0 Å². The van der Waals surface area contributed by atoms with E-state index >= 15 is 0 Å². The molecule has 4 nitrogen and oxygen atoms in total. The number of fused-ring (bicyclic) bond motifs is 1. The van der Waals surface area contributed by atoms with E-state index in [1.165, 1.54) is 5.56 Å². The molecule has 0 saturated carbocycles. The summed E-state index contributed by atoms with van der Waals surface area (Å²) in [6, 6.07) is 13.4. The summed E-state index contributed by atoms with van der Waals surface area (Å²) in [4.78, 5) is 16.1. The molecule has 0 bridgehead atoms. The van der Waals surface area contributed by atoms with Crippen molar-refractivity contribution in [3.63, 3.8) is 0 Å². The predicted octanol–water partition coefficient (Wildman–Crippen LogP) is 3.98. The predicted molar refractivity (Wildman–Crippen MR) is 83.9 cm³/mol. The number of benzene rings is 2. The molecule has 22 heavy (non-hydrogen) atoms. The van der Waals surface area contributed by atoms with Gasteiger partial charge in [-0.15, -0.1) is 0 Å². The summed E-state index contributed by atoms with van der Waals surface area (Å²) in [5, 5.41) is 0. The quantitative estimate of drug-likeness (QED) is 0.539. The molecule has 2 aromatic carbocycles. The molecule has 0 amide bonds. The molecular formula is C18H17NO3. The minimum atomic E-state index is -0.254. The third kappa shape index (κ3) is 3.34. The van der Waals surface area contributed by atoms with Crippen LogP contribution >= 0.6 is 0 Å². The van der Waals surface area contributed by atoms with Crippen LogP contribution in [0.5, 0.6) is 5.75 Å². The maximum absolute atomic E-state index is 11.9. The summed E-state index contributed by atoms with van der Waals surface area (Å²) < 4.78 is 10.8. The number of esters is 1. The highest BCUT2D eigenvalue weighted by Crippen LogP contribution is 2.21. The lowest BCUT2D eigenvalue weighted by molar-refractivity contribution is -0.134. The number of oxazole rings is 1. The van der Waals surface area contributed by atoms with Crippen LogP contribution < -0.4 is 4.74 Å². The second kappa shape index (κ2) is 6.02. The number of hydrogen-bond acceptors (Lipinski definition) is 4. The molecular weight excluding hydrogens is 278 g/mol. The van der Waals surface area contributed by atoms with Crippen LogP contribution in [-0.4, -0.2) is 11.0 Å². The van der Waals surface area contributed by atoms with Crippen molar-refractivity contribution in [1.82, 2.24) is 4.98 Å². The van der Waals surface area contributed by atoms with Gasteiger partial charge in [0.25, 0.3) is 0 Å². The molecule has 0 aliphatic rings. The molecule has 0 N–H and O–H groups in total. The van der Waals surface area contributed by atoms with Crippen LogP contribution in [0.3, 0.4) is 0 Å². The number of aromatic nitrogens is 1. The van der Waals surface area contributed by atoms with Crippen LogP contribution in [-0.2, 0) is 11.2 Å². The molecule has 4 heteroatoms. The highest BCUT2D eigenvalue weighted by molar-refractivity contribution is 5.77. The molecule has 1 aromatic heterocycles. The third-order valence-corrected chi connectivity index (χ3v) is 3.44. The first kappa shape index (κ1) is 14.3. The normalized spacial score (nSPS) is 10.8. The molecule has 0 atom stereocenters. The third-order valence-electron chi connectivity index (χ3n) is 3.44. The number of carbonyl (C=O) groups excluding carboxylic acids is 1. The van der Waals surface area contributed by atoms with Gasteiger partial charge in [-0.1, -0.05) is 29.8 Å². The molecule has 0 unspecified atom stereocenters. The fourth-order valence-corrected chi connectivity index (χ4v) is 2.27. The van der Waals surface area contributed by atoms with Gasteiger partial charge in [-0.3, -0.25) is 4.79 Å². The van der Waals surface area contributed by atoms with E-state index in [0.717, 1.165) is 11.1 Å². The molecule has 0 fully saturated rings. The van der Waals surface area contributed by atoms with Gasteiger partial charge in [0.2, 0.25) is 0 Å². The van der Waals surface area contributed by atoms with Crippen molar-refractivity contribution in [3.8, 4) is 5.75 Å². The fraction of sp³-hybridized carbons (Fsp3) is 0.222. The largest absolute Gasteiger partial charge is 0.441 e. The Bertz CT molecular complexity index is 803. The van der Waals surface area contributed by atoms with Crippen molar-refractivity contribution in [2.75, 3.05) is 0 Å². The Kier molecular flexibility index (Phi) is 3.92. The van der Waals surface area contributed by atoms with E-state index < -0.39 is 0 Å². The minimum Gasteiger partial charge on any atom is -0.441 e. The SMILES string of the molecule is Cc1ccc(CCC(=O)Oc2ccc3nc(C)oc3c2)cc1. The standard InChI is InChI=1S/C18H17NO3/c1-12-3-5-14(6-4-12)7-10-18(20)22-15-8-9-16-17(11-15)21-13(2)19-16/h3-6,8-9,11H,7,10H2,1-2H3.